The van der Waals surface area contributed by atoms with Crippen LogP contribution in [0.4, 0.5) is 0 Å². The molecule has 1 aromatic carbocycles. The van der Waals surface area contributed by atoms with Crippen LogP contribution < -0.4 is 4.74 Å². The molecule has 0 aromatic heterocycles. The summed E-state index contributed by atoms with van der Waals surface area (Å²) in [5.74, 6) is 0.969. The largest absolute Gasteiger partial charge is 0.491 e. The quantitative estimate of drug-likeness (QED) is 0.819. The van der Waals surface area contributed by atoms with E-state index in [0.29, 0.717) is 12.7 Å². The predicted molar refractivity (Wildman–Crippen MR) is 91.7 cm³/mol. The number of hydrogen-bond acceptors (Lipinski definition) is 3. The molecule has 3 nitrogen and oxygen atoms in total. The standard InChI is InChI=1S/C20H29NO2/c1-3-19(22-14-1)16-23-18-6-4-17(5-7-18)15-21-12-10-20(11-13-21)8-2-9-20/h4-7,19H,1-3,8-16H2. The molecule has 2 heterocycles. The highest BCUT2D eigenvalue weighted by Crippen LogP contribution is 2.48. The molecule has 3 heteroatoms. The minimum absolute atomic E-state index is 0.293. The van der Waals surface area contributed by atoms with Crippen LogP contribution in [-0.2, 0) is 11.3 Å². The van der Waals surface area contributed by atoms with Crippen molar-refractivity contribution in [1.82, 2.24) is 4.90 Å². The van der Waals surface area contributed by atoms with Crippen molar-refractivity contribution in [2.24, 2.45) is 5.41 Å². The molecule has 1 aliphatic carbocycles. The van der Waals surface area contributed by atoms with E-state index in [2.05, 4.69) is 29.2 Å². The topological polar surface area (TPSA) is 21.7 Å². The lowest BCUT2D eigenvalue weighted by Crippen LogP contribution is -2.43. The Bertz CT molecular complexity index is 493. The average Bonchev–Trinajstić information content (AvgIpc) is 3.07. The van der Waals surface area contributed by atoms with Gasteiger partial charge >= 0.3 is 0 Å². The maximum atomic E-state index is 5.85. The predicted octanol–water partition coefficient (Wildman–Crippen LogP) is 4.01. The van der Waals surface area contributed by atoms with E-state index in [1.807, 2.05) is 0 Å². The highest BCUT2D eigenvalue weighted by atomic mass is 16.5. The fraction of sp³-hybridized carbons (Fsp3) is 0.700. The monoisotopic (exact) mass is 315 g/mol. The second kappa shape index (κ2) is 6.82. The third-order valence-corrected chi connectivity index (χ3v) is 6.12. The Morgan fingerprint density at radius 1 is 1.04 bits per heavy atom. The molecule has 1 saturated carbocycles. The van der Waals surface area contributed by atoms with E-state index in [0.717, 1.165) is 30.7 Å². The Kier molecular flexibility index (Phi) is 4.59. The molecule has 1 spiro atoms. The first-order chi connectivity index (χ1) is 11.3. The van der Waals surface area contributed by atoms with Crippen molar-refractivity contribution in [2.45, 2.75) is 57.6 Å². The van der Waals surface area contributed by atoms with Gasteiger partial charge in [0.15, 0.2) is 0 Å². The number of rotatable bonds is 5. The first-order valence-electron chi connectivity index (χ1n) is 9.37. The third-order valence-electron chi connectivity index (χ3n) is 6.12. The van der Waals surface area contributed by atoms with E-state index in [1.54, 1.807) is 0 Å². The van der Waals surface area contributed by atoms with Crippen molar-refractivity contribution in [2.75, 3.05) is 26.3 Å². The zero-order valence-electron chi connectivity index (χ0n) is 14.1. The zero-order valence-corrected chi connectivity index (χ0v) is 14.1. The fourth-order valence-electron chi connectivity index (χ4n) is 4.28. The van der Waals surface area contributed by atoms with E-state index >= 15 is 0 Å². The smallest absolute Gasteiger partial charge is 0.119 e. The first-order valence-corrected chi connectivity index (χ1v) is 9.37. The summed E-state index contributed by atoms with van der Waals surface area (Å²) in [6.07, 6.45) is 9.86. The molecule has 3 aliphatic rings. The van der Waals surface area contributed by atoms with Crippen molar-refractivity contribution < 1.29 is 9.47 Å². The SMILES string of the molecule is c1cc(OCC2CCCO2)ccc1CN1CCC2(CCC2)CC1. The van der Waals surface area contributed by atoms with Gasteiger partial charge in [0.25, 0.3) is 0 Å². The minimum atomic E-state index is 0.293. The molecule has 126 valence electrons. The Balaban J connectivity index is 1.23. The van der Waals surface area contributed by atoms with E-state index in [1.165, 1.54) is 57.2 Å². The number of piperidine rings is 1. The summed E-state index contributed by atoms with van der Waals surface area (Å²) in [6, 6.07) is 8.67. The molecule has 23 heavy (non-hydrogen) atoms. The van der Waals surface area contributed by atoms with Crippen LogP contribution in [0.15, 0.2) is 24.3 Å². The van der Waals surface area contributed by atoms with Crippen LogP contribution in [0.5, 0.6) is 5.75 Å². The lowest BCUT2D eigenvalue weighted by molar-refractivity contribution is 0.0305. The maximum absolute atomic E-state index is 5.85. The molecule has 0 amide bonds. The molecule has 2 saturated heterocycles. The van der Waals surface area contributed by atoms with E-state index in [4.69, 9.17) is 9.47 Å². The van der Waals surface area contributed by atoms with Gasteiger partial charge in [0.05, 0.1) is 6.10 Å². The van der Waals surface area contributed by atoms with E-state index in [-0.39, 0.29) is 0 Å². The van der Waals surface area contributed by atoms with Crippen LogP contribution in [0.25, 0.3) is 0 Å². The number of nitrogens with zero attached hydrogens (tertiary/aromatic N) is 1. The molecule has 2 aliphatic heterocycles. The van der Waals surface area contributed by atoms with Crippen molar-refractivity contribution in [1.29, 1.82) is 0 Å². The Hall–Kier alpha value is -1.06. The highest BCUT2D eigenvalue weighted by molar-refractivity contribution is 5.27. The van der Waals surface area contributed by atoms with Crippen molar-refractivity contribution in [3.63, 3.8) is 0 Å². The molecule has 3 fully saturated rings. The lowest BCUT2D eigenvalue weighted by atomic mass is 9.63. The maximum Gasteiger partial charge on any atom is 0.119 e. The van der Waals surface area contributed by atoms with Crippen LogP contribution in [0, 0.1) is 5.41 Å². The summed E-state index contributed by atoms with van der Waals surface area (Å²) >= 11 is 0. The van der Waals surface area contributed by atoms with E-state index < -0.39 is 0 Å². The fourth-order valence-corrected chi connectivity index (χ4v) is 4.28. The number of likely N-dealkylation sites (tertiary alicyclic amines) is 1. The summed E-state index contributed by atoms with van der Waals surface area (Å²) < 4.78 is 11.4. The molecule has 0 radical (unpaired) electrons. The molecule has 1 unspecified atom stereocenters. The lowest BCUT2D eigenvalue weighted by Gasteiger charge is -2.48. The van der Waals surface area contributed by atoms with Crippen molar-refractivity contribution in [3.8, 4) is 5.75 Å². The molecule has 1 atom stereocenters. The summed E-state index contributed by atoms with van der Waals surface area (Å²) in [5.41, 5.74) is 2.15. The molecular formula is C20H29NO2. The molecular weight excluding hydrogens is 286 g/mol. The minimum Gasteiger partial charge on any atom is -0.491 e. The normalized spacial score (nSPS) is 27.0. The van der Waals surface area contributed by atoms with Crippen LogP contribution in [0.1, 0.15) is 50.5 Å². The first kappa shape index (κ1) is 15.5. The van der Waals surface area contributed by atoms with Gasteiger partial charge in [-0.1, -0.05) is 18.6 Å². The van der Waals surface area contributed by atoms with Crippen molar-refractivity contribution >= 4 is 0 Å². The third kappa shape index (κ3) is 3.72. The van der Waals surface area contributed by atoms with E-state index in [9.17, 15) is 0 Å². The zero-order chi connectivity index (χ0) is 15.5. The Morgan fingerprint density at radius 3 is 2.43 bits per heavy atom. The van der Waals surface area contributed by atoms with Gasteiger partial charge in [-0.05, 0) is 74.7 Å². The van der Waals surface area contributed by atoms with Crippen LogP contribution in [0.2, 0.25) is 0 Å². The summed E-state index contributed by atoms with van der Waals surface area (Å²) in [6.45, 7) is 5.22. The van der Waals surface area contributed by atoms with Crippen LogP contribution in [0.3, 0.4) is 0 Å². The van der Waals surface area contributed by atoms with Crippen molar-refractivity contribution in [3.05, 3.63) is 29.8 Å². The molecule has 0 N–H and O–H groups in total. The molecule has 0 bridgehead atoms. The van der Waals surface area contributed by atoms with Gasteiger partial charge in [-0.2, -0.15) is 0 Å². The van der Waals surface area contributed by atoms with Gasteiger partial charge in [-0.15, -0.1) is 0 Å². The van der Waals surface area contributed by atoms with Gasteiger partial charge in [0.1, 0.15) is 12.4 Å². The summed E-state index contributed by atoms with van der Waals surface area (Å²) in [4.78, 5) is 2.62. The summed E-state index contributed by atoms with van der Waals surface area (Å²) in [5, 5.41) is 0. The highest BCUT2D eigenvalue weighted by Gasteiger charge is 2.39. The van der Waals surface area contributed by atoms with Gasteiger partial charge in [0.2, 0.25) is 0 Å². The molecule has 4 rings (SSSR count). The summed E-state index contributed by atoms with van der Waals surface area (Å²) in [7, 11) is 0. The van der Waals surface area contributed by atoms with Crippen LogP contribution in [-0.4, -0.2) is 37.3 Å². The van der Waals surface area contributed by atoms with Gasteiger partial charge < -0.3 is 9.47 Å². The van der Waals surface area contributed by atoms with Gasteiger partial charge in [0, 0.05) is 13.2 Å². The van der Waals surface area contributed by atoms with Crippen LogP contribution >= 0.6 is 0 Å². The number of ether oxygens (including phenoxy) is 2. The second-order valence-electron chi connectivity index (χ2n) is 7.72. The Morgan fingerprint density at radius 2 is 1.83 bits per heavy atom. The molecule has 1 aromatic rings. The number of hydrogen-bond donors (Lipinski definition) is 0. The Labute approximate surface area is 140 Å². The second-order valence-corrected chi connectivity index (χ2v) is 7.72. The van der Waals surface area contributed by atoms with Gasteiger partial charge in [-0.3, -0.25) is 4.90 Å². The van der Waals surface area contributed by atoms with Gasteiger partial charge in [-0.25, -0.2) is 0 Å². The number of benzene rings is 1. The average molecular weight is 315 g/mol.